The second-order valence-electron chi connectivity index (χ2n) is 2.88. The van der Waals surface area contributed by atoms with Crippen LogP contribution in [0.1, 0.15) is 5.56 Å². The normalized spacial score (nSPS) is 15.2. The summed E-state index contributed by atoms with van der Waals surface area (Å²) in [5.41, 5.74) is 1.21. The maximum Gasteiger partial charge on any atom is 0.231 e. The summed E-state index contributed by atoms with van der Waals surface area (Å²) in [4.78, 5) is 12.5. The Kier molecular flexibility index (Phi) is 1.40. The smallest absolute Gasteiger partial charge is 0.231 e. The largest absolute Gasteiger partial charge is 0.312 e. The minimum Gasteiger partial charge on any atom is -0.312 e. The van der Waals surface area contributed by atoms with Gasteiger partial charge in [0.05, 0.1) is 12.1 Å². The first-order chi connectivity index (χ1) is 5.70. The standard InChI is InChI=1S/C9H8FNO/c1-11-8(12)5-6-3-2-4-7(10)9(6)11/h2-4H,5H2,1H3. The molecule has 0 N–H and O–H groups in total. The van der Waals surface area contributed by atoms with Gasteiger partial charge in [-0.2, -0.15) is 0 Å². The van der Waals surface area contributed by atoms with Gasteiger partial charge in [0.15, 0.2) is 0 Å². The van der Waals surface area contributed by atoms with Crippen LogP contribution in [0.3, 0.4) is 0 Å². The van der Waals surface area contributed by atoms with Crippen molar-refractivity contribution in [3.05, 3.63) is 29.6 Å². The number of anilines is 1. The van der Waals surface area contributed by atoms with Crippen molar-refractivity contribution in [2.24, 2.45) is 0 Å². The highest BCUT2D eigenvalue weighted by atomic mass is 19.1. The zero-order valence-corrected chi connectivity index (χ0v) is 6.67. The summed E-state index contributed by atoms with van der Waals surface area (Å²) in [6.45, 7) is 0. The molecule has 1 aliphatic heterocycles. The van der Waals surface area contributed by atoms with Gasteiger partial charge in [-0.25, -0.2) is 4.39 Å². The van der Waals surface area contributed by atoms with Crippen LogP contribution in [0.25, 0.3) is 0 Å². The summed E-state index contributed by atoms with van der Waals surface area (Å²) in [6.07, 6.45) is 0.323. The van der Waals surface area contributed by atoms with E-state index >= 15 is 0 Å². The van der Waals surface area contributed by atoms with Gasteiger partial charge in [-0.15, -0.1) is 0 Å². The number of rotatable bonds is 0. The molecule has 1 aliphatic rings. The number of halogens is 1. The Morgan fingerprint density at radius 2 is 2.25 bits per heavy atom. The van der Waals surface area contributed by atoms with Crippen LogP contribution in [-0.2, 0) is 11.2 Å². The molecule has 0 fully saturated rings. The van der Waals surface area contributed by atoms with Crippen LogP contribution in [0.2, 0.25) is 0 Å². The third-order valence-corrected chi connectivity index (χ3v) is 2.12. The number of likely N-dealkylation sites (N-methyl/N-ethyl adjacent to an activating group) is 1. The molecule has 2 rings (SSSR count). The molecule has 1 amide bonds. The van der Waals surface area contributed by atoms with E-state index in [0.29, 0.717) is 12.1 Å². The van der Waals surface area contributed by atoms with E-state index in [1.54, 1.807) is 19.2 Å². The van der Waals surface area contributed by atoms with Crippen molar-refractivity contribution < 1.29 is 9.18 Å². The SMILES string of the molecule is CN1C(=O)Cc2cccc(F)c21. The fourth-order valence-corrected chi connectivity index (χ4v) is 1.48. The topological polar surface area (TPSA) is 20.3 Å². The Balaban J connectivity index is 2.62. The number of nitrogens with zero attached hydrogens (tertiary/aromatic N) is 1. The van der Waals surface area contributed by atoms with E-state index in [9.17, 15) is 9.18 Å². The first kappa shape index (κ1) is 7.28. The molecule has 0 aliphatic carbocycles. The van der Waals surface area contributed by atoms with Crippen molar-refractivity contribution >= 4 is 11.6 Å². The van der Waals surface area contributed by atoms with E-state index in [-0.39, 0.29) is 11.7 Å². The summed E-state index contributed by atoms with van der Waals surface area (Å²) >= 11 is 0. The summed E-state index contributed by atoms with van der Waals surface area (Å²) in [6, 6.07) is 4.77. The van der Waals surface area contributed by atoms with Crippen molar-refractivity contribution in [3.8, 4) is 0 Å². The molecule has 0 radical (unpaired) electrons. The van der Waals surface area contributed by atoms with E-state index < -0.39 is 0 Å². The monoisotopic (exact) mass is 165 g/mol. The zero-order valence-electron chi connectivity index (χ0n) is 6.67. The molecule has 0 spiro atoms. The molecule has 3 heteroatoms. The van der Waals surface area contributed by atoms with E-state index in [2.05, 4.69) is 0 Å². The molecule has 0 saturated carbocycles. The number of fused-ring (bicyclic) bond motifs is 1. The maximum atomic E-state index is 13.1. The number of carbonyl (C=O) groups is 1. The second kappa shape index (κ2) is 2.30. The minimum atomic E-state index is -0.319. The molecule has 12 heavy (non-hydrogen) atoms. The van der Waals surface area contributed by atoms with Crippen LogP contribution in [0.5, 0.6) is 0 Å². The quantitative estimate of drug-likeness (QED) is 0.568. The minimum absolute atomic E-state index is 0.0462. The van der Waals surface area contributed by atoms with Gasteiger partial charge in [0.1, 0.15) is 5.82 Å². The molecule has 0 bridgehead atoms. The zero-order chi connectivity index (χ0) is 8.72. The van der Waals surface area contributed by atoms with E-state index in [0.717, 1.165) is 5.56 Å². The van der Waals surface area contributed by atoms with E-state index in [4.69, 9.17) is 0 Å². The van der Waals surface area contributed by atoms with Crippen molar-refractivity contribution in [1.29, 1.82) is 0 Å². The Morgan fingerprint density at radius 3 is 2.92 bits per heavy atom. The highest BCUT2D eigenvalue weighted by Crippen LogP contribution is 2.29. The molecular weight excluding hydrogens is 157 g/mol. The molecule has 1 aromatic rings. The summed E-state index contributed by atoms with van der Waals surface area (Å²) in [7, 11) is 1.59. The molecular formula is C9H8FNO. The van der Waals surface area contributed by atoms with Crippen LogP contribution < -0.4 is 4.90 Å². The first-order valence-corrected chi connectivity index (χ1v) is 3.74. The molecule has 0 atom stereocenters. The van der Waals surface area contributed by atoms with Crippen molar-refractivity contribution in [2.45, 2.75) is 6.42 Å². The predicted octanol–water partition coefficient (Wildman–Crippen LogP) is 1.34. The molecule has 1 aromatic carbocycles. The Labute approximate surface area is 69.6 Å². The Morgan fingerprint density at radius 1 is 1.50 bits per heavy atom. The first-order valence-electron chi connectivity index (χ1n) is 3.74. The predicted molar refractivity (Wildman–Crippen MR) is 43.5 cm³/mol. The third kappa shape index (κ3) is 0.826. The molecule has 62 valence electrons. The van der Waals surface area contributed by atoms with E-state index in [1.165, 1.54) is 11.0 Å². The van der Waals surface area contributed by atoms with Crippen molar-refractivity contribution in [3.63, 3.8) is 0 Å². The molecule has 1 heterocycles. The van der Waals surface area contributed by atoms with Gasteiger partial charge in [0.2, 0.25) is 5.91 Å². The fourth-order valence-electron chi connectivity index (χ4n) is 1.48. The number of benzene rings is 1. The number of para-hydroxylation sites is 1. The lowest BCUT2D eigenvalue weighted by atomic mass is 10.1. The van der Waals surface area contributed by atoms with Crippen molar-refractivity contribution in [2.75, 3.05) is 11.9 Å². The summed E-state index contributed by atoms with van der Waals surface area (Å²) in [5, 5.41) is 0. The average molecular weight is 165 g/mol. The highest BCUT2D eigenvalue weighted by Gasteiger charge is 2.26. The second-order valence-corrected chi connectivity index (χ2v) is 2.88. The van der Waals surface area contributed by atoms with Gasteiger partial charge in [-0.3, -0.25) is 4.79 Å². The van der Waals surface area contributed by atoms with Gasteiger partial charge in [-0.1, -0.05) is 12.1 Å². The van der Waals surface area contributed by atoms with Crippen LogP contribution in [0.15, 0.2) is 18.2 Å². The number of hydrogen-bond acceptors (Lipinski definition) is 1. The molecule has 2 nitrogen and oxygen atoms in total. The van der Waals surface area contributed by atoms with Gasteiger partial charge in [0.25, 0.3) is 0 Å². The molecule has 0 aromatic heterocycles. The van der Waals surface area contributed by atoms with E-state index in [1.807, 2.05) is 0 Å². The lowest BCUT2D eigenvalue weighted by molar-refractivity contribution is -0.117. The van der Waals surface area contributed by atoms with Crippen LogP contribution in [-0.4, -0.2) is 13.0 Å². The Hall–Kier alpha value is -1.38. The molecule has 0 unspecified atom stereocenters. The summed E-state index contributed by atoms with van der Waals surface area (Å²) in [5.74, 6) is -0.365. The number of hydrogen-bond donors (Lipinski definition) is 0. The van der Waals surface area contributed by atoms with Crippen molar-refractivity contribution in [1.82, 2.24) is 0 Å². The van der Waals surface area contributed by atoms with Gasteiger partial charge < -0.3 is 4.90 Å². The number of carbonyl (C=O) groups excluding carboxylic acids is 1. The summed E-state index contributed by atoms with van der Waals surface area (Å²) < 4.78 is 13.1. The fraction of sp³-hybridized carbons (Fsp3) is 0.222. The number of amides is 1. The van der Waals surface area contributed by atoms with Gasteiger partial charge in [-0.05, 0) is 11.6 Å². The van der Waals surface area contributed by atoms with Gasteiger partial charge in [0, 0.05) is 7.05 Å². The highest BCUT2D eigenvalue weighted by molar-refractivity contribution is 6.00. The van der Waals surface area contributed by atoms with Crippen LogP contribution in [0.4, 0.5) is 10.1 Å². The van der Waals surface area contributed by atoms with Gasteiger partial charge >= 0.3 is 0 Å². The lowest BCUT2D eigenvalue weighted by Crippen LogP contribution is -2.21. The molecule has 0 saturated heterocycles. The Bertz CT molecular complexity index is 348. The van der Waals surface area contributed by atoms with Crippen LogP contribution in [0, 0.1) is 5.82 Å². The maximum absolute atomic E-state index is 13.1. The lowest BCUT2D eigenvalue weighted by Gasteiger charge is -2.09. The average Bonchev–Trinajstić information content (AvgIpc) is 2.29. The van der Waals surface area contributed by atoms with Crippen LogP contribution >= 0.6 is 0 Å². The third-order valence-electron chi connectivity index (χ3n) is 2.12.